The molecule has 4 N–H and O–H groups in total. The van der Waals surface area contributed by atoms with Gasteiger partial charge in [0.15, 0.2) is 0 Å². The molecule has 10 heteroatoms. The van der Waals surface area contributed by atoms with Crippen LogP contribution in [0.4, 0.5) is 5.69 Å². The number of carbonyl (C=O) groups excluding carboxylic acids is 2. The van der Waals surface area contributed by atoms with E-state index in [9.17, 15) is 19.5 Å². The quantitative estimate of drug-likeness (QED) is 0.463. The van der Waals surface area contributed by atoms with Crippen molar-refractivity contribution in [3.8, 4) is 0 Å². The van der Waals surface area contributed by atoms with Crippen molar-refractivity contribution in [2.24, 2.45) is 22.5 Å². The van der Waals surface area contributed by atoms with Crippen LogP contribution in [-0.4, -0.2) is 77.2 Å². The predicted octanol–water partition coefficient (Wildman–Crippen LogP) is 3.69. The van der Waals surface area contributed by atoms with Crippen LogP contribution in [0.25, 0.3) is 0 Å². The van der Waals surface area contributed by atoms with E-state index >= 15 is 0 Å². The van der Waals surface area contributed by atoms with Gasteiger partial charge in [-0.1, -0.05) is 59.2 Å². The standard InChI is InChI=1S/C29H43ClN4O5/c1-27(2,3)15-19-24(25(36)37)34(23(14-22(31)35)33-9-11-39-12-10-33)21(16-28(4,5)6)29(19)18-8-7-17(30)13-20(18)32-26(29)38/h7-8,13,19,21,23-24H,9-12,14-16H2,1-6H3,(H2,31,35)(H,32,38)(H,36,37)/t19-,21+,23?,24+,29?/m0/s1. The molecule has 5 atom stereocenters. The number of carboxylic acids is 1. The predicted molar refractivity (Wildman–Crippen MR) is 150 cm³/mol. The fourth-order valence-corrected chi connectivity index (χ4v) is 7.28. The van der Waals surface area contributed by atoms with E-state index in [1.54, 1.807) is 12.1 Å². The number of aliphatic carboxylic acids is 1. The maximum atomic E-state index is 14.4. The summed E-state index contributed by atoms with van der Waals surface area (Å²) in [4.78, 5) is 44.3. The first kappa shape index (κ1) is 29.8. The summed E-state index contributed by atoms with van der Waals surface area (Å²) >= 11 is 6.34. The molecule has 1 spiro atoms. The van der Waals surface area contributed by atoms with Crippen LogP contribution >= 0.6 is 11.6 Å². The number of halogens is 1. The molecule has 1 aromatic carbocycles. The summed E-state index contributed by atoms with van der Waals surface area (Å²) in [5.74, 6) is -2.29. The number of rotatable bonds is 7. The monoisotopic (exact) mass is 562 g/mol. The van der Waals surface area contributed by atoms with E-state index < -0.39 is 41.5 Å². The summed E-state index contributed by atoms with van der Waals surface area (Å²) in [5.41, 5.74) is 5.50. The average molecular weight is 563 g/mol. The minimum atomic E-state index is -1.16. The number of fused-ring (bicyclic) bond motifs is 2. The summed E-state index contributed by atoms with van der Waals surface area (Å²) in [6.45, 7) is 14.5. The number of carboxylic acid groups (broad SMARTS) is 1. The van der Waals surface area contributed by atoms with Crippen molar-refractivity contribution >= 4 is 35.1 Å². The largest absolute Gasteiger partial charge is 0.480 e. The molecule has 2 amide bonds. The van der Waals surface area contributed by atoms with Gasteiger partial charge in [-0.2, -0.15) is 0 Å². The second kappa shape index (κ2) is 10.7. The minimum absolute atomic E-state index is 0.0438. The normalized spacial score (nSPS) is 28.9. The zero-order chi connectivity index (χ0) is 28.9. The Morgan fingerprint density at radius 3 is 2.31 bits per heavy atom. The Kier molecular flexibility index (Phi) is 8.13. The topological polar surface area (TPSA) is 125 Å². The van der Waals surface area contributed by atoms with E-state index in [2.05, 4.69) is 51.8 Å². The Labute approximate surface area is 236 Å². The molecule has 0 radical (unpaired) electrons. The maximum absolute atomic E-state index is 14.4. The van der Waals surface area contributed by atoms with Gasteiger partial charge in [0.1, 0.15) is 6.04 Å². The lowest BCUT2D eigenvalue weighted by molar-refractivity contribution is -0.150. The Balaban J connectivity index is 2.03. The summed E-state index contributed by atoms with van der Waals surface area (Å²) in [7, 11) is 0. The Morgan fingerprint density at radius 2 is 1.77 bits per heavy atom. The van der Waals surface area contributed by atoms with Crippen molar-refractivity contribution in [3.63, 3.8) is 0 Å². The molecular formula is C29H43ClN4O5. The number of morpholine rings is 1. The SMILES string of the molecule is CC(C)(C)C[C@H]1[C@H](C(=O)O)N(C(CC(N)=O)N2CCOCC2)[C@H](CC(C)(C)C)C12C(=O)Nc1cc(Cl)ccc12. The number of primary amides is 1. The molecule has 2 fully saturated rings. The Morgan fingerprint density at radius 1 is 1.15 bits per heavy atom. The third kappa shape index (κ3) is 5.69. The van der Waals surface area contributed by atoms with Gasteiger partial charge in [-0.05, 0) is 41.4 Å². The van der Waals surface area contributed by atoms with Crippen LogP contribution in [0.1, 0.15) is 66.4 Å². The average Bonchev–Trinajstić information content (AvgIpc) is 3.23. The highest BCUT2D eigenvalue weighted by atomic mass is 35.5. The summed E-state index contributed by atoms with van der Waals surface area (Å²) in [6.07, 6.45) is 0.388. The molecule has 39 heavy (non-hydrogen) atoms. The van der Waals surface area contributed by atoms with Gasteiger partial charge in [0, 0.05) is 35.8 Å². The third-order valence-electron chi connectivity index (χ3n) is 8.31. The van der Waals surface area contributed by atoms with Crippen LogP contribution in [-0.2, 0) is 24.5 Å². The molecule has 9 nitrogen and oxygen atoms in total. The van der Waals surface area contributed by atoms with Gasteiger partial charge in [0.25, 0.3) is 0 Å². The number of nitrogens with two attached hydrogens (primary N) is 1. The second-order valence-electron chi connectivity index (χ2n) is 13.7. The summed E-state index contributed by atoms with van der Waals surface area (Å²) in [6, 6.07) is 3.86. The highest BCUT2D eigenvalue weighted by Crippen LogP contribution is 2.59. The lowest BCUT2D eigenvalue weighted by Gasteiger charge is -2.46. The fourth-order valence-electron chi connectivity index (χ4n) is 7.11. The molecular weight excluding hydrogens is 520 g/mol. The molecule has 3 aliphatic heterocycles. The van der Waals surface area contributed by atoms with Crippen LogP contribution in [0, 0.1) is 16.7 Å². The second-order valence-corrected chi connectivity index (χ2v) is 14.1. The van der Waals surface area contributed by atoms with Gasteiger partial charge in [-0.3, -0.25) is 24.2 Å². The summed E-state index contributed by atoms with van der Waals surface area (Å²) in [5, 5.41) is 14.5. The van der Waals surface area contributed by atoms with E-state index in [1.165, 1.54) is 0 Å². The van der Waals surface area contributed by atoms with Gasteiger partial charge in [0.05, 0.1) is 31.2 Å². The zero-order valence-electron chi connectivity index (χ0n) is 23.9. The number of anilines is 1. The number of carbonyl (C=O) groups is 3. The lowest BCUT2D eigenvalue weighted by Crippen LogP contribution is -2.61. The number of likely N-dealkylation sites (tertiary alicyclic amines) is 1. The molecule has 0 saturated carbocycles. The van der Waals surface area contributed by atoms with E-state index in [0.717, 1.165) is 5.56 Å². The van der Waals surface area contributed by atoms with Gasteiger partial charge in [-0.25, -0.2) is 0 Å². The van der Waals surface area contributed by atoms with Crippen LogP contribution in [0.15, 0.2) is 18.2 Å². The molecule has 3 heterocycles. The first-order valence-electron chi connectivity index (χ1n) is 13.8. The molecule has 0 aliphatic carbocycles. The molecule has 1 aromatic rings. The van der Waals surface area contributed by atoms with Crippen molar-refractivity contribution in [1.82, 2.24) is 9.80 Å². The van der Waals surface area contributed by atoms with Gasteiger partial charge < -0.3 is 20.9 Å². The van der Waals surface area contributed by atoms with E-state index in [4.69, 9.17) is 22.1 Å². The Hall–Kier alpha value is -2.20. The summed E-state index contributed by atoms with van der Waals surface area (Å²) < 4.78 is 5.58. The smallest absolute Gasteiger partial charge is 0.321 e. The van der Waals surface area contributed by atoms with Crippen molar-refractivity contribution in [2.45, 2.75) is 84.5 Å². The van der Waals surface area contributed by atoms with Crippen molar-refractivity contribution in [2.75, 3.05) is 31.6 Å². The number of benzene rings is 1. The Bertz CT molecular complexity index is 1120. The number of hydrogen-bond donors (Lipinski definition) is 3. The van der Waals surface area contributed by atoms with Crippen LogP contribution in [0.5, 0.6) is 0 Å². The van der Waals surface area contributed by atoms with E-state index in [-0.39, 0.29) is 23.2 Å². The molecule has 216 valence electrons. The molecule has 0 bridgehead atoms. The van der Waals surface area contributed by atoms with E-state index in [1.807, 2.05) is 11.0 Å². The van der Waals surface area contributed by atoms with Crippen molar-refractivity contribution in [1.29, 1.82) is 0 Å². The first-order valence-corrected chi connectivity index (χ1v) is 14.2. The number of hydrogen-bond acceptors (Lipinski definition) is 6. The van der Waals surface area contributed by atoms with Gasteiger partial charge in [-0.15, -0.1) is 0 Å². The first-order chi connectivity index (χ1) is 18.1. The molecule has 4 rings (SSSR count). The number of nitrogens with zero attached hydrogens (tertiary/aromatic N) is 2. The molecule has 2 saturated heterocycles. The van der Waals surface area contributed by atoms with Crippen molar-refractivity contribution < 1.29 is 24.2 Å². The molecule has 2 unspecified atom stereocenters. The third-order valence-corrected chi connectivity index (χ3v) is 8.55. The van der Waals surface area contributed by atoms with Crippen LogP contribution < -0.4 is 11.1 Å². The van der Waals surface area contributed by atoms with Gasteiger partial charge >= 0.3 is 5.97 Å². The highest BCUT2D eigenvalue weighted by Gasteiger charge is 2.70. The fraction of sp³-hybridized carbons (Fsp3) is 0.690. The minimum Gasteiger partial charge on any atom is -0.480 e. The number of ether oxygens (including phenoxy) is 1. The lowest BCUT2D eigenvalue weighted by atomic mass is 9.61. The number of nitrogens with one attached hydrogen (secondary N) is 1. The zero-order valence-corrected chi connectivity index (χ0v) is 24.7. The molecule has 3 aliphatic rings. The van der Waals surface area contributed by atoms with E-state index in [0.29, 0.717) is 49.9 Å². The number of amides is 2. The molecule has 0 aromatic heterocycles. The van der Waals surface area contributed by atoms with Crippen LogP contribution in [0.3, 0.4) is 0 Å². The van der Waals surface area contributed by atoms with Gasteiger partial charge in [0.2, 0.25) is 11.8 Å². The highest BCUT2D eigenvalue weighted by molar-refractivity contribution is 6.31. The van der Waals surface area contributed by atoms with Crippen molar-refractivity contribution in [3.05, 3.63) is 28.8 Å². The van der Waals surface area contributed by atoms with Crippen LogP contribution in [0.2, 0.25) is 5.02 Å². The maximum Gasteiger partial charge on any atom is 0.321 e.